The maximum atomic E-state index is 11.9. The molecule has 0 aliphatic heterocycles. The van der Waals surface area contributed by atoms with Crippen LogP contribution in [0.15, 0.2) is 0 Å². The lowest BCUT2D eigenvalue weighted by atomic mass is 10.5. The van der Waals surface area contributed by atoms with Crippen LogP contribution in [-0.2, 0) is 0 Å². The molecule has 0 saturated carbocycles. The van der Waals surface area contributed by atoms with Gasteiger partial charge in [-0.05, 0) is 12.7 Å². The molecule has 0 nitrogen and oxygen atoms in total. The summed E-state index contributed by atoms with van der Waals surface area (Å²) in [7, 11) is 0. The van der Waals surface area contributed by atoms with Crippen molar-refractivity contribution < 1.29 is 4.39 Å². The van der Waals surface area contributed by atoms with Gasteiger partial charge in [0.25, 0.3) is 0 Å². The van der Waals surface area contributed by atoms with Gasteiger partial charge in [-0.3, -0.25) is 0 Å². The van der Waals surface area contributed by atoms with E-state index in [0.717, 1.165) is 5.75 Å². The molecule has 44 valence electrons. The summed E-state index contributed by atoms with van der Waals surface area (Å²) in [5.74, 6) is 1.67. The van der Waals surface area contributed by atoms with Crippen molar-refractivity contribution in [3.63, 3.8) is 0 Å². The Kier molecular flexibility index (Phi) is 4.62. The summed E-state index contributed by atoms with van der Waals surface area (Å²) in [4.78, 5) is 0. The smallest absolute Gasteiger partial charge is 0.106 e. The zero-order valence-corrected chi connectivity index (χ0v) is 5.59. The van der Waals surface area contributed by atoms with Gasteiger partial charge in [0.1, 0.15) is 6.17 Å². The number of halogens is 1. The van der Waals surface area contributed by atoms with Crippen molar-refractivity contribution in [1.82, 2.24) is 0 Å². The highest BCUT2D eigenvalue weighted by molar-refractivity contribution is 7.99. The Bertz CT molecular complexity index is 37.1. The first-order valence-corrected chi connectivity index (χ1v) is 3.64. The molecule has 0 spiro atoms. The topological polar surface area (TPSA) is 0 Å². The fraction of sp³-hybridized carbons (Fsp3) is 1.00. The molecule has 0 saturated heterocycles. The third kappa shape index (κ3) is 6.28. The van der Waals surface area contributed by atoms with E-state index in [1.54, 1.807) is 18.7 Å². The van der Waals surface area contributed by atoms with Crippen molar-refractivity contribution in [2.45, 2.75) is 20.0 Å². The van der Waals surface area contributed by atoms with E-state index >= 15 is 0 Å². The summed E-state index contributed by atoms with van der Waals surface area (Å²) >= 11 is 1.64. The van der Waals surface area contributed by atoms with E-state index in [4.69, 9.17) is 0 Å². The predicted molar refractivity (Wildman–Crippen MR) is 33.6 cm³/mol. The molecule has 0 fully saturated rings. The highest BCUT2D eigenvalue weighted by Gasteiger charge is 1.93. The number of thioether (sulfide) groups is 1. The van der Waals surface area contributed by atoms with Crippen LogP contribution in [-0.4, -0.2) is 17.7 Å². The molecule has 0 rings (SSSR count). The van der Waals surface area contributed by atoms with E-state index in [9.17, 15) is 4.39 Å². The maximum absolute atomic E-state index is 11.9. The first-order chi connectivity index (χ1) is 3.27. The largest absolute Gasteiger partial charge is 0.247 e. The van der Waals surface area contributed by atoms with Crippen LogP contribution in [0.5, 0.6) is 0 Å². The Morgan fingerprint density at radius 2 is 2.29 bits per heavy atom. The van der Waals surface area contributed by atoms with Gasteiger partial charge in [-0.15, -0.1) is 0 Å². The Morgan fingerprint density at radius 3 is 2.43 bits per heavy atom. The van der Waals surface area contributed by atoms with Crippen LogP contribution in [0.3, 0.4) is 0 Å². The molecule has 2 heteroatoms. The number of hydrogen-bond donors (Lipinski definition) is 0. The highest BCUT2D eigenvalue weighted by Crippen LogP contribution is 2.02. The van der Waals surface area contributed by atoms with Crippen LogP contribution >= 0.6 is 11.8 Å². The molecular weight excluding hydrogens is 111 g/mol. The zero-order valence-electron chi connectivity index (χ0n) is 4.78. The Balaban J connectivity index is 2.68. The SMILES string of the molecule is CCSCC(C)F. The minimum Gasteiger partial charge on any atom is -0.247 e. The number of hydrogen-bond acceptors (Lipinski definition) is 1. The normalized spacial score (nSPS) is 14.1. The first kappa shape index (κ1) is 7.28. The van der Waals surface area contributed by atoms with Crippen LogP contribution in [0.2, 0.25) is 0 Å². The molecule has 0 amide bonds. The van der Waals surface area contributed by atoms with Crippen LogP contribution in [0.1, 0.15) is 13.8 Å². The molecule has 0 bridgehead atoms. The molecule has 0 N–H and O–H groups in total. The summed E-state index contributed by atoms with van der Waals surface area (Å²) < 4.78 is 11.9. The molecular formula is C5H11FS. The van der Waals surface area contributed by atoms with Gasteiger partial charge in [0.05, 0.1) is 0 Å². The minimum atomic E-state index is -0.634. The van der Waals surface area contributed by atoms with Crippen molar-refractivity contribution >= 4 is 11.8 Å². The molecule has 0 aromatic heterocycles. The van der Waals surface area contributed by atoms with Crippen molar-refractivity contribution in [1.29, 1.82) is 0 Å². The van der Waals surface area contributed by atoms with Gasteiger partial charge in [0.15, 0.2) is 0 Å². The lowest BCUT2D eigenvalue weighted by Crippen LogP contribution is -1.95. The van der Waals surface area contributed by atoms with Gasteiger partial charge >= 0.3 is 0 Å². The third-order valence-corrected chi connectivity index (χ3v) is 1.65. The van der Waals surface area contributed by atoms with Crippen LogP contribution in [0.25, 0.3) is 0 Å². The van der Waals surface area contributed by atoms with E-state index in [-0.39, 0.29) is 0 Å². The monoisotopic (exact) mass is 122 g/mol. The zero-order chi connectivity index (χ0) is 5.70. The van der Waals surface area contributed by atoms with Crippen LogP contribution < -0.4 is 0 Å². The first-order valence-electron chi connectivity index (χ1n) is 2.49. The third-order valence-electron chi connectivity index (χ3n) is 0.552. The van der Waals surface area contributed by atoms with Crippen LogP contribution in [0, 0.1) is 0 Å². The van der Waals surface area contributed by atoms with Gasteiger partial charge < -0.3 is 0 Å². The van der Waals surface area contributed by atoms with E-state index in [0.29, 0.717) is 5.75 Å². The van der Waals surface area contributed by atoms with E-state index in [2.05, 4.69) is 0 Å². The lowest BCUT2D eigenvalue weighted by Gasteiger charge is -1.95. The van der Waals surface area contributed by atoms with Gasteiger partial charge in [-0.1, -0.05) is 6.92 Å². The Morgan fingerprint density at radius 1 is 1.71 bits per heavy atom. The quantitative estimate of drug-likeness (QED) is 0.552. The maximum Gasteiger partial charge on any atom is 0.106 e. The molecule has 0 aliphatic rings. The van der Waals surface area contributed by atoms with E-state index in [1.807, 2.05) is 6.92 Å². The fourth-order valence-electron chi connectivity index (χ4n) is 0.280. The molecule has 0 aliphatic carbocycles. The lowest BCUT2D eigenvalue weighted by molar-refractivity contribution is 0.398. The Hall–Kier alpha value is 0.280. The standard InChI is InChI=1S/C5H11FS/c1-3-7-4-5(2)6/h5H,3-4H2,1-2H3. The van der Waals surface area contributed by atoms with Crippen LogP contribution in [0.4, 0.5) is 4.39 Å². The van der Waals surface area contributed by atoms with Crippen molar-refractivity contribution in [2.75, 3.05) is 11.5 Å². The molecule has 7 heavy (non-hydrogen) atoms. The molecule has 0 heterocycles. The van der Waals surface area contributed by atoms with E-state index in [1.165, 1.54) is 0 Å². The second-order valence-corrected chi connectivity index (χ2v) is 2.76. The van der Waals surface area contributed by atoms with Gasteiger partial charge in [-0.2, -0.15) is 11.8 Å². The minimum absolute atomic E-state index is 0.634. The summed E-state index contributed by atoms with van der Waals surface area (Å²) in [6.45, 7) is 3.62. The molecule has 0 aromatic carbocycles. The van der Waals surface area contributed by atoms with Gasteiger partial charge in [0, 0.05) is 5.75 Å². The fourth-order valence-corrected chi connectivity index (χ4v) is 0.841. The second kappa shape index (κ2) is 4.44. The second-order valence-electron chi connectivity index (χ2n) is 1.44. The number of rotatable bonds is 3. The van der Waals surface area contributed by atoms with Gasteiger partial charge in [-0.25, -0.2) is 4.39 Å². The van der Waals surface area contributed by atoms with Crippen molar-refractivity contribution in [3.8, 4) is 0 Å². The molecule has 1 unspecified atom stereocenters. The highest BCUT2D eigenvalue weighted by atomic mass is 32.2. The molecule has 0 aromatic rings. The summed E-state index contributed by atoms with van der Waals surface area (Å²) in [5, 5.41) is 0. The average Bonchev–Trinajstić information content (AvgIpc) is 1.61. The summed E-state index contributed by atoms with van der Waals surface area (Å²) in [6.07, 6.45) is -0.634. The summed E-state index contributed by atoms with van der Waals surface area (Å²) in [5.41, 5.74) is 0. The van der Waals surface area contributed by atoms with Gasteiger partial charge in [0.2, 0.25) is 0 Å². The molecule has 0 radical (unpaired) electrons. The number of alkyl halides is 1. The predicted octanol–water partition coefficient (Wildman–Crippen LogP) is 2.10. The van der Waals surface area contributed by atoms with E-state index < -0.39 is 6.17 Å². The molecule has 1 atom stereocenters. The Labute approximate surface area is 48.5 Å². The average molecular weight is 122 g/mol. The van der Waals surface area contributed by atoms with Crippen molar-refractivity contribution in [3.05, 3.63) is 0 Å². The van der Waals surface area contributed by atoms with Crippen molar-refractivity contribution in [2.24, 2.45) is 0 Å². The summed E-state index contributed by atoms with van der Waals surface area (Å²) in [6, 6.07) is 0.